The van der Waals surface area contributed by atoms with Crippen molar-refractivity contribution in [1.29, 1.82) is 0 Å². The summed E-state index contributed by atoms with van der Waals surface area (Å²) in [5.74, 6) is 0. The van der Waals surface area contributed by atoms with Crippen LogP contribution in [0.15, 0.2) is 168 Å². The van der Waals surface area contributed by atoms with Crippen molar-refractivity contribution >= 4 is 49.8 Å². The highest BCUT2D eigenvalue weighted by Crippen LogP contribution is 2.47. The predicted octanol–water partition coefficient (Wildman–Crippen LogP) is 11.5. The first-order valence-corrected chi connectivity index (χ1v) is 14.3. The Morgan fingerprint density at radius 1 is 0.405 bits per heavy atom. The molecule has 2 nitrogen and oxygen atoms in total. The van der Waals surface area contributed by atoms with Gasteiger partial charge in [-0.15, -0.1) is 0 Å². The summed E-state index contributed by atoms with van der Waals surface area (Å²) in [6, 6.07) is 57.8. The summed E-state index contributed by atoms with van der Waals surface area (Å²) < 4.78 is 6.71. The molecular weight excluding hydrogens is 510 g/mol. The normalized spacial score (nSPS) is 11.3. The van der Waals surface area contributed by atoms with Crippen LogP contribution in [0, 0.1) is 0 Å². The van der Waals surface area contributed by atoms with Crippen LogP contribution in [-0.2, 0) is 0 Å². The number of para-hydroxylation sites is 2. The molecule has 0 unspecified atom stereocenters. The maximum Gasteiger partial charge on any atom is 0.143 e. The Labute approximate surface area is 244 Å². The van der Waals surface area contributed by atoms with E-state index in [1.807, 2.05) is 0 Å². The third-order valence-electron chi connectivity index (χ3n) is 8.05. The Morgan fingerprint density at radius 2 is 0.976 bits per heavy atom. The van der Waals surface area contributed by atoms with Crippen LogP contribution in [0.4, 0.5) is 17.1 Å². The maximum atomic E-state index is 6.71. The molecule has 0 aliphatic carbocycles. The standard InChI is InChI=1S/C40H27NO/c1-4-15-28(16-5-1)31-21-12-13-24-36(31)41(30-19-8-3-9-20-30)37-25-14-26-38-39(37)35-27-34(29-17-6-2-7-18-29)32-22-10-11-23-33(32)40(35)42-38/h1-27H. The van der Waals surface area contributed by atoms with Gasteiger partial charge in [0.2, 0.25) is 0 Å². The van der Waals surface area contributed by atoms with E-state index in [0.29, 0.717) is 0 Å². The monoisotopic (exact) mass is 537 g/mol. The summed E-state index contributed by atoms with van der Waals surface area (Å²) in [4.78, 5) is 2.37. The summed E-state index contributed by atoms with van der Waals surface area (Å²) in [5, 5.41) is 4.51. The summed E-state index contributed by atoms with van der Waals surface area (Å²) in [7, 11) is 0. The first kappa shape index (κ1) is 24.2. The molecule has 0 aliphatic rings. The molecule has 0 aliphatic heterocycles. The molecule has 0 saturated heterocycles. The van der Waals surface area contributed by atoms with Gasteiger partial charge in [0.1, 0.15) is 11.2 Å². The molecular formula is C40H27NO. The van der Waals surface area contributed by atoms with Crippen molar-refractivity contribution in [3.8, 4) is 22.3 Å². The molecule has 0 saturated carbocycles. The van der Waals surface area contributed by atoms with E-state index in [-0.39, 0.29) is 0 Å². The summed E-state index contributed by atoms with van der Waals surface area (Å²) in [6.07, 6.45) is 0. The van der Waals surface area contributed by atoms with E-state index in [0.717, 1.165) is 44.4 Å². The SMILES string of the molecule is c1ccc(-c2ccccc2N(c2ccccc2)c2cccc3oc4c5ccccc5c(-c5ccccc5)cc4c23)cc1. The van der Waals surface area contributed by atoms with E-state index in [1.165, 1.54) is 27.6 Å². The second-order valence-electron chi connectivity index (χ2n) is 10.5. The van der Waals surface area contributed by atoms with E-state index >= 15 is 0 Å². The van der Waals surface area contributed by atoms with Gasteiger partial charge in [-0.3, -0.25) is 0 Å². The molecule has 0 atom stereocenters. The minimum Gasteiger partial charge on any atom is -0.455 e. The number of furan rings is 1. The second kappa shape index (κ2) is 10.1. The average molecular weight is 538 g/mol. The molecule has 0 amide bonds. The van der Waals surface area contributed by atoms with Crippen molar-refractivity contribution in [3.63, 3.8) is 0 Å². The van der Waals surface area contributed by atoms with E-state index in [1.54, 1.807) is 0 Å². The highest BCUT2D eigenvalue weighted by Gasteiger charge is 2.23. The van der Waals surface area contributed by atoms with Crippen LogP contribution >= 0.6 is 0 Å². The number of rotatable bonds is 5. The predicted molar refractivity (Wildman–Crippen MR) is 177 cm³/mol. The van der Waals surface area contributed by atoms with Gasteiger partial charge in [0.05, 0.1) is 16.8 Å². The summed E-state index contributed by atoms with van der Waals surface area (Å²) >= 11 is 0. The van der Waals surface area contributed by atoms with Gasteiger partial charge >= 0.3 is 0 Å². The Morgan fingerprint density at radius 3 is 1.71 bits per heavy atom. The zero-order valence-corrected chi connectivity index (χ0v) is 22.9. The Bertz CT molecular complexity index is 2180. The van der Waals surface area contributed by atoms with Gasteiger partial charge in [-0.2, -0.15) is 0 Å². The first-order valence-electron chi connectivity index (χ1n) is 14.3. The number of hydrogen-bond acceptors (Lipinski definition) is 2. The highest BCUT2D eigenvalue weighted by atomic mass is 16.3. The van der Waals surface area contributed by atoms with Crippen molar-refractivity contribution < 1.29 is 4.42 Å². The first-order chi connectivity index (χ1) is 20.9. The van der Waals surface area contributed by atoms with E-state index in [9.17, 15) is 0 Å². The lowest BCUT2D eigenvalue weighted by Gasteiger charge is -2.28. The number of nitrogens with zero attached hydrogens (tertiary/aromatic N) is 1. The smallest absolute Gasteiger partial charge is 0.143 e. The fourth-order valence-electron chi connectivity index (χ4n) is 6.19. The van der Waals surface area contributed by atoms with Crippen LogP contribution in [-0.4, -0.2) is 0 Å². The van der Waals surface area contributed by atoms with Crippen molar-refractivity contribution in [2.75, 3.05) is 4.90 Å². The second-order valence-corrected chi connectivity index (χ2v) is 10.5. The molecule has 1 aromatic heterocycles. The third-order valence-corrected chi connectivity index (χ3v) is 8.05. The zero-order chi connectivity index (χ0) is 27.9. The lowest BCUT2D eigenvalue weighted by molar-refractivity contribution is 0.672. The quantitative estimate of drug-likeness (QED) is 0.217. The molecule has 8 rings (SSSR count). The molecule has 0 N–H and O–H groups in total. The number of benzene rings is 7. The van der Waals surface area contributed by atoms with Crippen LogP contribution in [0.25, 0.3) is 55.0 Å². The van der Waals surface area contributed by atoms with Gasteiger partial charge in [-0.25, -0.2) is 0 Å². The van der Waals surface area contributed by atoms with Crippen LogP contribution in [0.1, 0.15) is 0 Å². The number of anilines is 3. The number of hydrogen-bond donors (Lipinski definition) is 0. The topological polar surface area (TPSA) is 16.4 Å². The van der Waals surface area contributed by atoms with Gasteiger partial charge in [0.25, 0.3) is 0 Å². The molecule has 8 aromatic rings. The van der Waals surface area contributed by atoms with E-state index in [4.69, 9.17) is 4.42 Å². The fraction of sp³-hybridized carbons (Fsp3) is 0. The maximum absolute atomic E-state index is 6.71. The van der Waals surface area contributed by atoms with Crippen LogP contribution in [0.5, 0.6) is 0 Å². The van der Waals surface area contributed by atoms with Gasteiger partial charge in [0.15, 0.2) is 0 Å². The third kappa shape index (κ3) is 3.96. The van der Waals surface area contributed by atoms with Crippen molar-refractivity contribution in [1.82, 2.24) is 0 Å². The van der Waals surface area contributed by atoms with Gasteiger partial charge in [-0.05, 0) is 58.5 Å². The molecule has 0 bridgehead atoms. The lowest BCUT2D eigenvalue weighted by atomic mass is 9.95. The van der Waals surface area contributed by atoms with Gasteiger partial charge < -0.3 is 9.32 Å². The molecule has 2 heteroatoms. The lowest BCUT2D eigenvalue weighted by Crippen LogP contribution is -2.11. The van der Waals surface area contributed by atoms with E-state index in [2.05, 4.69) is 169 Å². The van der Waals surface area contributed by atoms with Crippen molar-refractivity contribution in [2.45, 2.75) is 0 Å². The molecule has 0 spiro atoms. The number of fused-ring (bicyclic) bond motifs is 5. The minimum atomic E-state index is 0.871. The largest absolute Gasteiger partial charge is 0.455 e. The van der Waals surface area contributed by atoms with Crippen LogP contribution in [0.2, 0.25) is 0 Å². The molecule has 0 fully saturated rings. The average Bonchev–Trinajstić information content (AvgIpc) is 3.46. The van der Waals surface area contributed by atoms with Gasteiger partial charge in [0, 0.05) is 22.0 Å². The molecule has 42 heavy (non-hydrogen) atoms. The zero-order valence-electron chi connectivity index (χ0n) is 22.9. The molecule has 198 valence electrons. The minimum absolute atomic E-state index is 0.871. The Hall–Kier alpha value is -5.60. The molecule has 1 heterocycles. The van der Waals surface area contributed by atoms with Crippen LogP contribution < -0.4 is 4.90 Å². The van der Waals surface area contributed by atoms with Gasteiger partial charge in [-0.1, -0.05) is 127 Å². The molecule has 7 aromatic carbocycles. The van der Waals surface area contributed by atoms with Crippen molar-refractivity contribution in [2.24, 2.45) is 0 Å². The van der Waals surface area contributed by atoms with Crippen molar-refractivity contribution in [3.05, 3.63) is 164 Å². The van der Waals surface area contributed by atoms with Crippen LogP contribution in [0.3, 0.4) is 0 Å². The molecule has 0 radical (unpaired) electrons. The summed E-state index contributed by atoms with van der Waals surface area (Å²) in [5.41, 5.74) is 9.80. The Kier molecular flexibility index (Phi) is 5.82. The highest BCUT2D eigenvalue weighted by molar-refractivity contribution is 6.22. The van der Waals surface area contributed by atoms with E-state index < -0.39 is 0 Å². The summed E-state index contributed by atoms with van der Waals surface area (Å²) in [6.45, 7) is 0. The fourth-order valence-corrected chi connectivity index (χ4v) is 6.19. The Balaban J connectivity index is 1.47.